The first-order valence-corrected chi connectivity index (χ1v) is 11.0. The van der Waals surface area contributed by atoms with Crippen molar-refractivity contribution in [3.05, 3.63) is 89.5 Å². The number of carbonyl (C=O) groups is 2. The second-order valence-electron chi connectivity index (χ2n) is 6.58. The summed E-state index contributed by atoms with van der Waals surface area (Å²) < 4.78 is 40.5. The number of hydrogen-bond donors (Lipinski definition) is 2. The molecule has 11 heteroatoms. The Morgan fingerprint density at radius 3 is 2.22 bits per heavy atom. The Labute approximate surface area is 187 Å². The van der Waals surface area contributed by atoms with Crippen LogP contribution in [-0.4, -0.2) is 25.2 Å². The van der Waals surface area contributed by atoms with Crippen molar-refractivity contribution in [3.8, 4) is 0 Å². The first-order chi connectivity index (χ1) is 15.3. The molecule has 2 aromatic carbocycles. The highest BCUT2D eigenvalue weighted by Crippen LogP contribution is 2.30. The van der Waals surface area contributed by atoms with Crippen molar-refractivity contribution in [2.24, 2.45) is 0 Å². The lowest BCUT2D eigenvalue weighted by atomic mass is 10.3. The van der Waals surface area contributed by atoms with Crippen molar-refractivity contribution in [1.82, 2.24) is 4.98 Å². The highest BCUT2D eigenvalue weighted by atomic mass is 35.5. The number of nitrogens with zero attached hydrogens (tertiary/aromatic N) is 2. The molecule has 3 aromatic rings. The minimum atomic E-state index is -3.87. The number of carbonyl (C=O) groups excluding carboxylic acids is 2. The van der Waals surface area contributed by atoms with E-state index in [1.807, 2.05) is 0 Å². The van der Waals surface area contributed by atoms with Crippen molar-refractivity contribution in [1.29, 1.82) is 0 Å². The third-order valence-electron chi connectivity index (χ3n) is 4.45. The second kappa shape index (κ2) is 8.40. The van der Waals surface area contributed by atoms with Gasteiger partial charge in [-0.15, -0.1) is 0 Å². The fourth-order valence-corrected chi connectivity index (χ4v) is 4.14. The first-order valence-electron chi connectivity index (χ1n) is 9.11. The van der Waals surface area contributed by atoms with Crippen LogP contribution in [0.5, 0.6) is 0 Å². The Morgan fingerprint density at radius 1 is 0.906 bits per heavy atom. The van der Waals surface area contributed by atoms with Crippen molar-refractivity contribution in [2.45, 2.75) is 4.90 Å². The van der Waals surface area contributed by atoms with Crippen molar-refractivity contribution in [2.75, 3.05) is 14.9 Å². The van der Waals surface area contributed by atoms with Gasteiger partial charge in [-0.3, -0.25) is 14.3 Å². The predicted octanol–water partition coefficient (Wildman–Crippen LogP) is 3.46. The molecule has 0 bridgehead atoms. The lowest BCUT2D eigenvalue weighted by Crippen LogP contribution is -2.32. The molecule has 0 saturated carbocycles. The van der Waals surface area contributed by atoms with Gasteiger partial charge >= 0.3 is 0 Å². The summed E-state index contributed by atoms with van der Waals surface area (Å²) in [5, 5.41) is 2.40. The molecule has 0 unspecified atom stereocenters. The van der Waals surface area contributed by atoms with E-state index in [1.54, 1.807) is 12.1 Å². The number of pyridine rings is 1. The summed E-state index contributed by atoms with van der Waals surface area (Å²) in [4.78, 5) is 29.9. The van der Waals surface area contributed by atoms with Crippen LogP contribution in [0.25, 0.3) is 0 Å². The summed E-state index contributed by atoms with van der Waals surface area (Å²) in [6.45, 7) is 0. The summed E-state index contributed by atoms with van der Waals surface area (Å²) >= 11 is 6.06. The minimum absolute atomic E-state index is 0.0319. The number of amides is 2. The van der Waals surface area contributed by atoms with Crippen LogP contribution in [0.1, 0.15) is 0 Å². The van der Waals surface area contributed by atoms with Gasteiger partial charge in [-0.2, -0.15) is 0 Å². The van der Waals surface area contributed by atoms with Gasteiger partial charge in [0, 0.05) is 11.9 Å². The molecular weight excluding hydrogens is 459 g/mol. The summed E-state index contributed by atoms with van der Waals surface area (Å²) in [5.41, 5.74) is 0.318. The number of benzene rings is 2. The zero-order valence-electron chi connectivity index (χ0n) is 16.1. The first kappa shape index (κ1) is 21.5. The highest BCUT2D eigenvalue weighted by Gasteiger charge is 2.39. The summed E-state index contributed by atoms with van der Waals surface area (Å²) in [6.07, 6.45) is 1.46. The molecule has 0 radical (unpaired) electrons. The standard InChI is InChI=1S/C21H14ClFN4O4S/c22-18-19(21(29)27(20(18)28)15-8-4-13(23)5-9-15)25-14-6-10-16(11-7-14)32(30,31)26-17-3-1-2-12-24-17/h1-12,25H,(H,24,26). The van der Waals surface area contributed by atoms with Crippen LogP contribution < -0.4 is 14.9 Å². The normalized spacial score (nSPS) is 14.1. The molecule has 0 atom stereocenters. The zero-order chi connectivity index (χ0) is 22.9. The number of halogens is 2. The van der Waals surface area contributed by atoms with Crippen molar-refractivity contribution >= 4 is 50.6 Å². The molecule has 0 spiro atoms. The summed E-state index contributed by atoms with van der Waals surface area (Å²) in [6, 6.07) is 15.1. The fourth-order valence-electron chi connectivity index (χ4n) is 2.92. The van der Waals surface area contributed by atoms with Gasteiger partial charge in [0.1, 0.15) is 22.4 Å². The predicted molar refractivity (Wildman–Crippen MR) is 117 cm³/mol. The van der Waals surface area contributed by atoms with Crippen LogP contribution in [0.2, 0.25) is 0 Å². The molecule has 162 valence electrons. The molecule has 1 aromatic heterocycles. The van der Waals surface area contributed by atoms with Gasteiger partial charge in [0.25, 0.3) is 21.8 Å². The average molecular weight is 473 g/mol. The molecule has 1 aliphatic rings. The van der Waals surface area contributed by atoms with Crippen LogP contribution in [0, 0.1) is 5.82 Å². The number of aromatic nitrogens is 1. The van der Waals surface area contributed by atoms with Crippen LogP contribution in [0.15, 0.2) is 88.6 Å². The largest absolute Gasteiger partial charge is 0.350 e. The van der Waals surface area contributed by atoms with E-state index in [0.29, 0.717) is 5.69 Å². The van der Waals surface area contributed by atoms with E-state index in [-0.39, 0.29) is 27.1 Å². The third-order valence-corrected chi connectivity index (χ3v) is 6.17. The van der Waals surface area contributed by atoms with Crippen LogP contribution in [-0.2, 0) is 19.6 Å². The van der Waals surface area contributed by atoms with E-state index in [4.69, 9.17) is 11.6 Å². The second-order valence-corrected chi connectivity index (χ2v) is 8.64. The Morgan fingerprint density at radius 2 is 1.59 bits per heavy atom. The number of hydrogen-bond acceptors (Lipinski definition) is 6. The Bertz CT molecular complexity index is 1330. The quantitative estimate of drug-likeness (QED) is 0.532. The number of anilines is 3. The monoisotopic (exact) mass is 472 g/mol. The molecule has 8 nitrogen and oxygen atoms in total. The molecule has 0 saturated heterocycles. The fraction of sp³-hybridized carbons (Fsp3) is 0. The van der Waals surface area contributed by atoms with Crippen LogP contribution in [0.4, 0.5) is 21.6 Å². The molecule has 1 aliphatic heterocycles. The van der Waals surface area contributed by atoms with Gasteiger partial charge in [-0.1, -0.05) is 17.7 Å². The number of nitrogens with one attached hydrogen (secondary N) is 2. The Hall–Kier alpha value is -3.76. The lowest BCUT2D eigenvalue weighted by Gasteiger charge is -2.15. The van der Waals surface area contributed by atoms with E-state index in [1.165, 1.54) is 48.7 Å². The number of sulfonamides is 1. The van der Waals surface area contributed by atoms with Crippen molar-refractivity contribution in [3.63, 3.8) is 0 Å². The Balaban J connectivity index is 1.52. The molecule has 0 fully saturated rings. The molecule has 2 amide bonds. The van der Waals surface area contributed by atoms with Gasteiger partial charge < -0.3 is 5.32 Å². The zero-order valence-corrected chi connectivity index (χ0v) is 17.7. The van der Waals surface area contributed by atoms with E-state index in [2.05, 4.69) is 15.0 Å². The highest BCUT2D eigenvalue weighted by molar-refractivity contribution is 7.92. The maximum atomic E-state index is 13.2. The van der Waals surface area contributed by atoms with Gasteiger partial charge in [-0.05, 0) is 60.7 Å². The van der Waals surface area contributed by atoms with Gasteiger partial charge in [0.15, 0.2) is 0 Å². The van der Waals surface area contributed by atoms with E-state index in [9.17, 15) is 22.4 Å². The smallest absolute Gasteiger partial charge is 0.283 e. The number of rotatable bonds is 6. The van der Waals surface area contributed by atoms with Gasteiger partial charge in [0.2, 0.25) is 0 Å². The van der Waals surface area contributed by atoms with E-state index < -0.39 is 27.7 Å². The molecule has 2 N–H and O–H groups in total. The topological polar surface area (TPSA) is 108 Å². The Kier molecular flexibility index (Phi) is 5.64. The lowest BCUT2D eigenvalue weighted by molar-refractivity contribution is -0.120. The molecule has 0 aliphatic carbocycles. The maximum Gasteiger partial charge on any atom is 0.283 e. The third kappa shape index (κ3) is 4.18. The molecule has 4 rings (SSSR count). The molecule has 32 heavy (non-hydrogen) atoms. The van der Waals surface area contributed by atoms with Gasteiger partial charge in [0.05, 0.1) is 10.6 Å². The SMILES string of the molecule is O=C1C(Cl)=C(Nc2ccc(S(=O)(=O)Nc3ccccn3)cc2)C(=O)N1c1ccc(F)cc1. The summed E-state index contributed by atoms with van der Waals surface area (Å²) in [7, 11) is -3.87. The minimum Gasteiger partial charge on any atom is -0.350 e. The number of imide groups is 1. The average Bonchev–Trinajstić information content (AvgIpc) is 2.98. The maximum absolute atomic E-state index is 13.2. The molecule has 2 heterocycles. The van der Waals surface area contributed by atoms with Gasteiger partial charge in [-0.25, -0.2) is 22.7 Å². The van der Waals surface area contributed by atoms with E-state index >= 15 is 0 Å². The van der Waals surface area contributed by atoms with Crippen LogP contribution >= 0.6 is 11.6 Å². The van der Waals surface area contributed by atoms with Crippen molar-refractivity contribution < 1.29 is 22.4 Å². The van der Waals surface area contributed by atoms with Crippen LogP contribution in [0.3, 0.4) is 0 Å². The summed E-state index contributed by atoms with van der Waals surface area (Å²) in [5.74, 6) is -1.83. The molecular formula is C21H14ClFN4O4S. The van der Waals surface area contributed by atoms with E-state index in [0.717, 1.165) is 17.0 Å².